The SMILES string of the molecule is COc1cccc(C=NN2CC[NH+](C3c4ccccc4-c4ccccc43)CC2)c1. The van der Waals surface area contributed by atoms with Crippen LogP contribution in [0.2, 0.25) is 0 Å². The molecule has 0 saturated carbocycles. The third-order valence-corrected chi connectivity index (χ3v) is 6.09. The summed E-state index contributed by atoms with van der Waals surface area (Å²) >= 11 is 0. The second-order valence-corrected chi connectivity index (χ2v) is 7.74. The van der Waals surface area contributed by atoms with Crippen LogP contribution in [0.25, 0.3) is 11.1 Å². The van der Waals surface area contributed by atoms with Gasteiger partial charge in [-0.15, -0.1) is 0 Å². The van der Waals surface area contributed by atoms with Gasteiger partial charge in [-0.2, -0.15) is 5.10 Å². The van der Waals surface area contributed by atoms with Gasteiger partial charge in [0.1, 0.15) is 11.8 Å². The van der Waals surface area contributed by atoms with Gasteiger partial charge in [0.05, 0.1) is 39.5 Å². The first-order valence-corrected chi connectivity index (χ1v) is 10.3. The third-order valence-electron chi connectivity index (χ3n) is 6.09. The van der Waals surface area contributed by atoms with Crippen LogP contribution in [-0.4, -0.2) is 44.5 Å². The predicted octanol–water partition coefficient (Wildman–Crippen LogP) is 3.00. The van der Waals surface area contributed by atoms with E-state index in [2.05, 4.69) is 59.6 Å². The Labute approximate surface area is 172 Å². The minimum atomic E-state index is 0.437. The lowest BCUT2D eigenvalue weighted by Gasteiger charge is -2.34. The first kappa shape index (κ1) is 18.0. The number of quaternary nitrogens is 1. The summed E-state index contributed by atoms with van der Waals surface area (Å²) in [5.41, 5.74) is 6.81. The zero-order valence-corrected chi connectivity index (χ0v) is 16.7. The first-order valence-electron chi connectivity index (χ1n) is 10.3. The molecule has 146 valence electrons. The van der Waals surface area contributed by atoms with E-state index in [1.54, 1.807) is 12.0 Å². The fourth-order valence-corrected chi connectivity index (χ4v) is 4.65. The van der Waals surface area contributed by atoms with Gasteiger partial charge in [0.2, 0.25) is 0 Å². The maximum absolute atomic E-state index is 5.30. The number of nitrogens with zero attached hydrogens (tertiary/aromatic N) is 2. The summed E-state index contributed by atoms with van der Waals surface area (Å²) in [5.74, 6) is 0.863. The van der Waals surface area contributed by atoms with E-state index in [1.807, 2.05) is 24.4 Å². The first-order chi connectivity index (χ1) is 14.3. The minimum Gasteiger partial charge on any atom is -0.497 e. The van der Waals surface area contributed by atoms with Crippen molar-refractivity contribution in [1.29, 1.82) is 0 Å². The number of hydrogen-bond donors (Lipinski definition) is 1. The normalized spacial score (nSPS) is 16.8. The van der Waals surface area contributed by atoms with Crippen molar-refractivity contribution in [2.75, 3.05) is 33.3 Å². The highest BCUT2D eigenvalue weighted by Crippen LogP contribution is 2.41. The van der Waals surface area contributed by atoms with Crippen molar-refractivity contribution in [2.24, 2.45) is 5.10 Å². The summed E-state index contributed by atoms with van der Waals surface area (Å²) in [6.45, 7) is 4.11. The van der Waals surface area contributed by atoms with Crippen molar-refractivity contribution in [3.63, 3.8) is 0 Å². The molecule has 4 nitrogen and oxygen atoms in total. The van der Waals surface area contributed by atoms with Gasteiger partial charge in [-0.05, 0) is 28.8 Å². The predicted molar refractivity (Wildman–Crippen MR) is 117 cm³/mol. The molecule has 2 aliphatic rings. The Morgan fingerprint density at radius 3 is 2.21 bits per heavy atom. The fourth-order valence-electron chi connectivity index (χ4n) is 4.65. The van der Waals surface area contributed by atoms with Crippen molar-refractivity contribution in [3.05, 3.63) is 89.5 Å². The summed E-state index contributed by atoms with van der Waals surface area (Å²) in [6.07, 6.45) is 1.94. The molecule has 1 heterocycles. The summed E-state index contributed by atoms with van der Waals surface area (Å²) in [6, 6.07) is 26.2. The van der Waals surface area contributed by atoms with Gasteiger partial charge in [0.15, 0.2) is 0 Å². The molecule has 0 amide bonds. The molecule has 0 unspecified atom stereocenters. The zero-order chi connectivity index (χ0) is 19.6. The third kappa shape index (κ3) is 3.40. The highest BCUT2D eigenvalue weighted by Gasteiger charge is 2.37. The van der Waals surface area contributed by atoms with E-state index < -0.39 is 0 Å². The maximum Gasteiger partial charge on any atom is 0.140 e. The molecule has 0 aromatic heterocycles. The molecule has 4 heteroatoms. The monoisotopic (exact) mass is 384 g/mol. The van der Waals surface area contributed by atoms with Gasteiger partial charge < -0.3 is 9.64 Å². The highest BCUT2D eigenvalue weighted by molar-refractivity contribution is 5.80. The summed E-state index contributed by atoms with van der Waals surface area (Å²) < 4.78 is 5.30. The molecule has 0 spiro atoms. The van der Waals surface area contributed by atoms with E-state index in [-0.39, 0.29) is 0 Å². The van der Waals surface area contributed by atoms with Gasteiger partial charge in [-0.25, -0.2) is 0 Å². The Morgan fingerprint density at radius 2 is 1.55 bits per heavy atom. The standard InChI is InChI=1S/C25H25N3O/c1-29-20-8-6-7-19(17-20)18-26-28-15-13-27(14-16-28)25-23-11-4-2-9-21(23)22-10-3-5-12-24(22)25/h2-12,17-18,25H,13-16H2,1H3/p+1. The Balaban J connectivity index is 1.30. The Bertz CT molecular complexity index is 992. The van der Waals surface area contributed by atoms with E-state index in [4.69, 9.17) is 9.84 Å². The quantitative estimate of drug-likeness (QED) is 0.701. The van der Waals surface area contributed by atoms with Crippen molar-refractivity contribution in [2.45, 2.75) is 6.04 Å². The summed E-state index contributed by atoms with van der Waals surface area (Å²) in [7, 11) is 1.69. The van der Waals surface area contributed by atoms with Gasteiger partial charge in [0.25, 0.3) is 0 Å². The van der Waals surface area contributed by atoms with Crippen LogP contribution in [0.5, 0.6) is 5.75 Å². The Hall–Kier alpha value is -3.11. The highest BCUT2D eigenvalue weighted by atomic mass is 16.5. The number of nitrogens with one attached hydrogen (secondary N) is 1. The van der Waals surface area contributed by atoms with E-state index in [9.17, 15) is 0 Å². The van der Waals surface area contributed by atoms with E-state index in [0.717, 1.165) is 37.5 Å². The number of ether oxygens (including phenoxy) is 1. The number of rotatable bonds is 4. The van der Waals surface area contributed by atoms with Crippen molar-refractivity contribution in [3.8, 4) is 16.9 Å². The largest absolute Gasteiger partial charge is 0.497 e. The van der Waals surface area contributed by atoms with Crippen molar-refractivity contribution < 1.29 is 9.64 Å². The lowest BCUT2D eigenvalue weighted by atomic mass is 10.0. The number of hydrazone groups is 1. The molecular formula is C25H26N3O+. The van der Waals surface area contributed by atoms with Crippen LogP contribution in [0.3, 0.4) is 0 Å². The molecule has 0 bridgehead atoms. The molecule has 1 aliphatic heterocycles. The summed E-state index contributed by atoms with van der Waals surface area (Å²) in [5, 5.41) is 6.91. The van der Waals surface area contributed by atoms with E-state index in [0.29, 0.717) is 6.04 Å². The van der Waals surface area contributed by atoms with Crippen LogP contribution in [0.4, 0.5) is 0 Å². The Morgan fingerprint density at radius 1 is 0.897 bits per heavy atom. The number of piperazine rings is 1. The lowest BCUT2D eigenvalue weighted by Crippen LogP contribution is -3.14. The molecule has 3 aromatic rings. The van der Waals surface area contributed by atoms with Crippen LogP contribution < -0.4 is 9.64 Å². The lowest BCUT2D eigenvalue weighted by molar-refractivity contribution is -0.929. The van der Waals surface area contributed by atoms with Gasteiger partial charge in [-0.3, -0.25) is 5.01 Å². The second kappa shape index (κ2) is 7.72. The average molecular weight is 385 g/mol. The number of methoxy groups -OCH3 is 1. The molecule has 1 N–H and O–H groups in total. The number of fused-ring (bicyclic) bond motifs is 3. The summed E-state index contributed by atoms with van der Waals surface area (Å²) in [4.78, 5) is 1.63. The smallest absolute Gasteiger partial charge is 0.140 e. The molecule has 1 fully saturated rings. The number of benzene rings is 3. The topological polar surface area (TPSA) is 29.3 Å². The van der Waals surface area contributed by atoms with E-state index >= 15 is 0 Å². The molecular weight excluding hydrogens is 358 g/mol. The molecule has 0 radical (unpaired) electrons. The van der Waals surface area contributed by atoms with Crippen molar-refractivity contribution >= 4 is 6.21 Å². The van der Waals surface area contributed by atoms with Crippen LogP contribution >= 0.6 is 0 Å². The average Bonchev–Trinajstić information content (AvgIpc) is 3.13. The second-order valence-electron chi connectivity index (χ2n) is 7.74. The Kier molecular flexibility index (Phi) is 4.78. The van der Waals surface area contributed by atoms with Crippen LogP contribution in [0, 0.1) is 0 Å². The fraction of sp³-hybridized carbons (Fsp3) is 0.240. The van der Waals surface area contributed by atoms with Gasteiger partial charge in [0, 0.05) is 11.1 Å². The van der Waals surface area contributed by atoms with Gasteiger partial charge in [-0.1, -0.05) is 60.7 Å². The molecule has 1 saturated heterocycles. The maximum atomic E-state index is 5.30. The van der Waals surface area contributed by atoms with Gasteiger partial charge >= 0.3 is 0 Å². The molecule has 0 atom stereocenters. The number of hydrogen-bond acceptors (Lipinski definition) is 3. The zero-order valence-electron chi connectivity index (χ0n) is 16.7. The van der Waals surface area contributed by atoms with Crippen LogP contribution in [0.15, 0.2) is 77.9 Å². The molecule has 3 aromatic carbocycles. The molecule has 5 rings (SSSR count). The van der Waals surface area contributed by atoms with Crippen molar-refractivity contribution in [1.82, 2.24) is 5.01 Å². The van der Waals surface area contributed by atoms with Crippen LogP contribution in [-0.2, 0) is 0 Å². The van der Waals surface area contributed by atoms with Crippen LogP contribution in [0.1, 0.15) is 22.7 Å². The molecule has 29 heavy (non-hydrogen) atoms. The molecule has 1 aliphatic carbocycles. The minimum absolute atomic E-state index is 0.437. The van der Waals surface area contributed by atoms with E-state index in [1.165, 1.54) is 22.3 Å².